The molecule has 0 bridgehead atoms. The first-order chi connectivity index (χ1) is 10.2. The molecule has 1 heterocycles. The van der Waals surface area contributed by atoms with Gasteiger partial charge in [0.15, 0.2) is 0 Å². The van der Waals surface area contributed by atoms with Crippen LogP contribution in [0.15, 0.2) is 54.6 Å². The van der Waals surface area contributed by atoms with E-state index < -0.39 is 0 Å². The zero-order valence-corrected chi connectivity index (χ0v) is 12.9. The summed E-state index contributed by atoms with van der Waals surface area (Å²) in [7, 11) is 4.27. The van der Waals surface area contributed by atoms with Gasteiger partial charge in [0.25, 0.3) is 0 Å². The van der Waals surface area contributed by atoms with E-state index in [1.807, 2.05) is 0 Å². The van der Waals surface area contributed by atoms with Crippen LogP contribution in [-0.2, 0) is 5.41 Å². The molecule has 2 aromatic carbocycles. The summed E-state index contributed by atoms with van der Waals surface area (Å²) in [6, 6.07) is 19.3. The van der Waals surface area contributed by atoms with E-state index in [4.69, 9.17) is 4.74 Å². The van der Waals surface area contributed by atoms with E-state index >= 15 is 0 Å². The van der Waals surface area contributed by atoms with Gasteiger partial charge in [-0.05, 0) is 45.1 Å². The fraction of sp³-hybridized carbons (Fsp3) is 0.368. The summed E-state index contributed by atoms with van der Waals surface area (Å²) in [5, 5.41) is 0. The summed E-state index contributed by atoms with van der Waals surface area (Å²) >= 11 is 0. The van der Waals surface area contributed by atoms with Crippen LogP contribution in [0.3, 0.4) is 0 Å². The smallest absolute Gasteiger partial charge is 0.123 e. The molecule has 2 aromatic rings. The maximum atomic E-state index is 6.01. The second kappa shape index (κ2) is 5.90. The Morgan fingerprint density at radius 1 is 1.00 bits per heavy atom. The van der Waals surface area contributed by atoms with E-state index in [-0.39, 0.29) is 5.41 Å². The van der Waals surface area contributed by atoms with Gasteiger partial charge in [0.05, 0.1) is 5.41 Å². The zero-order chi connectivity index (χ0) is 14.7. The van der Waals surface area contributed by atoms with Crippen molar-refractivity contribution in [1.29, 1.82) is 0 Å². The highest BCUT2D eigenvalue weighted by molar-refractivity contribution is 5.50. The maximum Gasteiger partial charge on any atom is 0.123 e. The van der Waals surface area contributed by atoms with Crippen molar-refractivity contribution in [3.8, 4) is 5.75 Å². The van der Waals surface area contributed by atoms with Crippen LogP contribution in [0.2, 0.25) is 0 Å². The van der Waals surface area contributed by atoms with Gasteiger partial charge < -0.3 is 9.64 Å². The van der Waals surface area contributed by atoms with Crippen molar-refractivity contribution >= 4 is 0 Å². The molecule has 21 heavy (non-hydrogen) atoms. The van der Waals surface area contributed by atoms with Crippen molar-refractivity contribution in [3.05, 3.63) is 65.7 Å². The highest BCUT2D eigenvalue weighted by Gasteiger charge is 2.41. The van der Waals surface area contributed by atoms with Crippen LogP contribution < -0.4 is 4.74 Å². The predicted octanol–water partition coefficient (Wildman–Crippen LogP) is 3.71. The molecule has 0 spiro atoms. The summed E-state index contributed by atoms with van der Waals surface area (Å²) in [6.07, 6.45) is 2.28. The van der Waals surface area contributed by atoms with Crippen molar-refractivity contribution in [2.24, 2.45) is 0 Å². The zero-order valence-electron chi connectivity index (χ0n) is 12.9. The highest BCUT2D eigenvalue weighted by atomic mass is 16.5. The Morgan fingerprint density at radius 3 is 2.48 bits per heavy atom. The quantitative estimate of drug-likeness (QED) is 0.828. The first-order valence-electron chi connectivity index (χ1n) is 7.65. The topological polar surface area (TPSA) is 12.5 Å². The summed E-state index contributed by atoms with van der Waals surface area (Å²) in [6.45, 7) is 1.86. The van der Waals surface area contributed by atoms with Crippen LogP contribution in [0.4, 0.5) is 0 Å². The van der Waals surface area contributed by atoms with E-state index in [0.29, 0.717) is 0 Å². The van der Waals surface area contributed by atoms with Crippen LogP contribution in [0, 0.1) is 0 Å². The Hall–Kier alpha value is -1.80. The maximum absolute atomic E-state index is 6.01. The lowest BCUT2D eigenvalue weighted by Gasteiger charge is -2.29. The normalized spacial score (nSPS) is 20.3. The van der Waals surface area contributed by atoms with Crippen LogP contribution >= 0.6 is 0 Å². The lowest BCUT2D eigenvalue weighted by atomic mass is 9.73. The molecule has 0 saturated heterocycles. The molecular formula is C19H23NO. The Bertz CT molecular complexity index is 594. The number of benzene rings is 2. The molecule has 0 saturated carbocycles. The van der Waals surface area contributed by atoms with Gasteiger partial charge in [0.1, 0.15) is 12.4 Å². The fourth-order valence-corrected chi connectivity index (χ4v) is 3.31. The SMILES string of the molecule is CN(C)CCCC1(c2ccccc2)COc2ccccc21. The molecule has 0 amide bonds. The minimum absolute atomic E-state index is 0.00780. The van der Waals surface area contributed by atoms with Gasteiger partial charge in [-0.3, -0.25) is 0 Å². The van der Waals surface area contributed by atoms with E-state index in [1.165, 1.54) is 17.5 Å². The molecule has 0 N–H and O–H groups in total. The van der Waals surface area contributed by atoms with Crippen molar-refractivity contribution in [2.75, 3.05) is 27.2 Å². The number of nitrogens with zero attached hydrogens (tertiary/aromatic N) is 1. The molecule has 1 unspecified atom stereocenters. The molecule has 2 nitrogen and oxygen atoms in total. The van der Waals surface area contributed by atoms with Crippen LogP contribution in [0.1, 0.15) is 24.0 Å². The fourth-order valence-electron chi connectivity index (χ4n) is 3.31. The van der Waals surface area contributed by atoms with Crippen molar-refractivity contribution in [3.63, 3.8) is 0 Å². The van der Waals surface area contributed by atoms with Gasteiger partial charge in [0.2, 0.25) is 0 Å². The second-order valence-electron chi connectivity index (χ2n) is 6.14. The lowest BCUT2D eigenvalue weighted by Crippen LogP contribution is -2.30. The predicted molar refractivity (Wildman–Crippen MR) is 86.9 cm³/mol. The molecule has 0 radical (unpaired) electrons. The largest absolute Gasteiger partial charge is 0.492 e. The molecular weight excluding hydrogens is 258 g/mol. The molecule has 0 aromatic heterocycles. The number of ether oxygens (including phenoxy) is 1. The number of fused-ring (bicyclic) bond motifs is 1. The molecule has 2 heteroatoms. The summed E-state index contributed by atoms with van der Waals surface area (Å²) in [5.41, 5.74) is 2.72. The molecule has 1 aliphatic heterocycles. The summed E-state index contributed by atoms with van der Waals surface area (Å²) < 4.78 is 6.01. The molecule has 0 aliphatic carbocycles. The van der Waals surface area contributed by atoms with Crippen molar-refractivity contribution < 1.29 is 4.74 Å². The number of rotatable bonds is 5. The van der Waals surface area contributed by atoms with Crippen LogP contribution in [0.25, 0.3) is 0 Å². The number of hydrogen-bond acceptors (Lipinski definition) is 2. The Labute approximate surface area is 127 Å². The third-order valence-corrected chi connectivity index (χ3v) is 4.41. The summed E-state index contributed by atoms with van der Waals surface area (Å²) in [5.74, 6) is 1.05. The third kappa shape index (κ3) is 2.68. The Kier molecular flexibility index (Phi) is 3.98. The third-order valence-electron chi connectivity index (χ3n) is 4.41. The molecule has 110 valence electrons. The van der Waals surface area contributed by atoms with Crippen LogP contribution in [-0.4, -0.2) is 32.1 Å². The average molecular weight is 281 g/mol. The minimum Gasteiger partial charge on any atom is -0.492 e. The van der Waals surface area contributed by atoms with Crippen molar-refractivity contribution in [1.82, 2.24) is 4.90 Å². The van der Waals surface area contributed by atoms with Gasteiger partial charge in [-0.25, -0.2) is 0 Å². The second-order valence-corrected chi connectivity index (χ2v) is 6.14. The van der Waals surface area contributed by atoms with Gasteiger partial charge in [-0.1, -0.05) is 48.5 Å². The van der Waals surface area contributed by atoms with Gasteiger partial charge in [-0.15, -0.1) is 0 Å². The average Bonchev–Trinajstić information content (AvgIpc) is 2.88. The van der Waals surface area contributed by atoms with Gasteiger partial charge in [0, 0.05) is 5.56 Å². The molecule has 1 atom stereocenters. The van der Waals surface area contributed by atoms with E-state index in [0.717, 1.165) is 25.3 Å². The standard InChI is InChI=1S/C19H23NO/c1-20(2)14-8-13-19(16-9-4-3-5-10-16)15-21-18-12-7-6-11-17(18)19/h3-7,9-12H,8,13-15H2,1-2H3. The van der Waals surface area contributed by atoms with E-state index in [2.05, 4.69) is 73.6 Å². The van der Waals surface area contributed by atoms with Crippen molar-refractivity contribution in [2.45, 2.75) is 18.3 Å². The summed E-state index contributed by atoms with van der Waals surface area (Å²) in [4.78, 5) is 2.25. The first-order valence-corrected chi connectivity index (χ1v) is 7.65. The molecule has 0 fully saturated rings. The monoisotopic (exact) mass is 281 g/mol. The van der Waals surface area contributed by atoms with Gasteiger partial charge in [-0.2, -0.15) is 0 Å². The Balaban J connectivity index is 1.97. The first kappa shape index (κ1) is 14.2. The minimum atomic E-state index is 0.00780. The highest BCUT2D eigenvalue weighted by Crippen LogP contribution is 2.46. The molecule has 3 rings (SSSR count). The van der Waals surface area contributed by atoms with Gasteiger partial charge >= 0.3 is 0 Å². The number of para-hydroxylation sites is 1. The lowest BCUT2D eigenvalue weighted by molar-refractivity contribution is 0.270. The van der Waals surface area contributed by atoms with E-state index in [1.54, 1.807) is 0 Å². The Morgan fingerprint density at radius 2 is 1.71 bits per heavy atom. The van der Waals surface area contributed by atoms with E-state index in [9.17, 15) is 0 Å². The number of hydrogen-bond donors (Lipinski definition) is 0. The van der Waals surface area contributed by atoms with Crippen LogP contribution in [0.5, 0.6) is 5.75 Å². The molecule has 1 aliphatic rings.